The summed E-state index contributed by atoms with van der Waals surface area (Å²) in [6, 6.07) is 0. The Morgan fingerprint density at radius 1 is 1.41 bits per heavy atom. The Morgan fingerprint density at radius 3 is 2.77 bits per heavy atom. The molecule has 2 aromatic rings. The van der Waals surface area contributed by atoms with Crippen molar-refractivity contribution in [3.05, 3.63) is 21.3 Å². The second-order valence-electron chi connectivity index (χ2n) is 5.72. The van der Waals surface area contributed by atoms with Gasteiger partial charge in [-0.2, -0.15) is 5.10 Å². The maximum atomic E-state index is 12.5. The van der Waals surface area contributed by atoms with Gasteiger partial charge >= 0.3 is 0 Å². The average molecular weight is 320 g/mol. The Hall–Kier alpha value is -1.89. The van der Waals surface area contributed by atoms with E-state index in [4.69, 9.17) is 4.74 Å². The average Bonchev–Trinajstić information content (AvgIpc) is 3.13. The summed E-state index contributed by atoms with van der Waals surface area (Å²) in [7, 11) is 3.35. The topological polar surface area (TPSA) is 69.0 Å². The van der Waals surface area contributed by atoms with Crippen LogP contribution in [0.1, 0.15) is 38.9 Å². The summed E-state index contributed by atoms with van der Waals surface area (Å²) in [5, 5.41) is 8.24. The lowest BCUT2D eigenvalue weighted by Gasteiger charge is -2.06. The van der Waals surface area contributed by atoms with E-state index < -0.39 is 0 Å². The molecule has 0 unspecified atom stereocenters. The van der Waals surface area contributed by atoms with E-state index in [-0.39, 0.29) is 5.91 Å². The quantitative estimate of drug-likeness (QED) is 0.919. The van der Waals surface area contributed by atoms with Gasteiger partial charge in [-0.05, 0) is 32.6 Å². The molecule has 22 heavy (non-hydrogen) atoms. The van der Waals surface area contributed by atoms with Crippen molar-refractivity contribution in [3.63, 3.8) is 0 Å². The molecular formula is C15H20N4O2S. The lowest BCUT2D eigenvalue weighted by atomic mass is 10.3. The molecule has 2 heterocycles. The molecule has 0 radical (unpaired) electrons. The van der Waals surface area contributed by atoms with Crippen molar-refractivity contribution >= 4 is 22.9 Å². The summed E-state index contributed by atoms with van der Waals surface area (Å²) in [6.45, 7) is 3.73. The smallest absolute Gasteiger partial charge is 0.267 e. The number of hydrogen-bond donors (Lipinski definition) is 1. The summed E-state index contributed by atoms with van der Waals surface area (Å²) in [5.41, 5.74) is 2.14. The van der Waals surface area contributed by atoms with Crippen LogP contribution < -0.4 is 10.1 Å². The largest absolute Gasteiger partial charge is 0.480 e. The summed E-state index contributed by atoms with van der Waals surface area (Å²) in [6.07, 6.45) is 3.56. The number of nitrogens with one attached hydrogen (secondary N) is 1. The van der Waals surface area contributed by atoms with Crippen LogP contribution in [-0.4, -0.2) is 27.8 Å². The first-order valence-electron chi connectivity index (χ1n) is 7.34. The fourth-order valence-electron chi connectivity index (χ4n) is 2.50. The second kappa shape index (κ2) is 5.72. The minimum Gasteiger partial charge on any atom is -0.480 e. The number of methoxy groups -OCH3 is 1. The number of amides is 1. The van der Waals surface area contributed by atoms with Crippen molar-refractivity contribution in [2.75, 3.05) is 12.4 Å². The van der Waals surface area contributed by atoms with Gasteiger partial charge in [0.05, 0.1) is 23.5 Å². The molecule has 0 bridgehead atoms. The van der Waals surface area contributed by atoms with Crippen molar-refractivity contribution in [2.45, 2.75) is 33.1 Å². The first kappa shape index (κ1) is 15.0. The number of hydrogen-bond acceptors (Lipinski definition) is 5. The van der Waals surface area contributed by atoms with E-state index in [1.807, 2.05) is 13.8 Å². The molecule has 118 valence electrons. The van der Waals surface area contributed by atoms with Gasteiger partial charge in [0.1, 0.15) is 10.6 Å². The van der Waals surface area contributed by atoms with E-state index in [2.05, 4.69) is 15.4 Å². The third-order valence-corrected chi connectivity index (χ3v) is 4.99. The van der Waals surface area contributed by atoms with Crippen LogP contribution in [0.2, 0.25) is 0 Å². The predicted octanol–water partition coefficient (Wildman–Crippen LogP) is 2.71. The molecule has 2 aromatic heterocycles. The molecule has 1 amide bonds. The van der Waals surface area contributed by atoms with Gasteiger partial charge in [-0.1, -0.05) is 0 Å². The zero-order chi connectivity index (χ0) is 15.9. The molecule has 3 rings (SSSR count). The van der Waals surface area contributed by atoms with Crippen LogP contribution in [0.3, 0.4) is 0 Å². The third kappa shape index (κ3) is 2.85. The molecular weight excluding hydrogens is 300 g/mol. The molecule has 1 N–H and O–H groups in total. The normalized spacial score (nSPS) is 14.2. The molecule has 1 aliphatic carbocycles. The molecule has 0 aromatic carbocycles. The number of rotatable bonds is 5. The monoisotopic (exact) mass is 320 g/mol. The van der Waals surface area contributed by atoms with Crippen molar-refractivity contribution in [2.24, 2.45) is 13.0 Å². The van der Waals surface area contributed by atoms with Crippen molar-refractivity contribution < 1.29 is 9.53 Å². The second-order valence-corrected chi connectivity index (χ2v) is 6.80. The molecule has 1 fully saturated rings. The molecule has 1 aliphatic rings. The lowest BCUT2D eigenvalue weighted by Crippen LogP contribution is -2.12. The molecule has 0 atom stereocenters. The van der Waals surface area contributed by atoms with Gasteiger partial charge in [-0.15, -0.1) is 11.3 Å². The van der Waals surface area contributed by atoms with Gasteiger partial charge in [-0.3, -0.25) is 4.79 Å². The molecule has 0 saturated heterocycles. The summed E-state index contributed by atoms with van der Waals surface area (Å²) >= 11 is 1.49. The Balaban J connectivity index is 1.81. The van der Waals surface area contributed by atoms with Gasteiger partial charge in [0.25, 0.3) is 5.91 Å². The number of aryl methyl sites for hydroxylation is 3. The predicted molar refractivity (Wildman–Crippen MR) is 85.7 cm³/mol. The zero-order valence-corrected chi connectivity index (χ0v) is 14.1. The van der Waals surface area contributed by atoms with Gasteiger partial charge in [0.2, 0.25) is 5.88 Å². The SMILES string of the molecule is COc1c(NC(=O)c2sc(CC3CC3)nc2C)c(C)nn1C. The first-order valence-corrected chi connectivity index (χ1v) is 8.16. The number of anilines is 1. The van der Waals surface area contributed by atoms with Crippen LogP contribution in [0.15, 0.2) is 0 Å². The molecule has 1 saturated carbocycles. The lowest BCUT2D eigenvalue weighted by molar-refractivity contribution is 0.102. The maximum absolute atomic E-state index is 12.5. The maximum Gasteiger partial charge on any atom is 0.267 e. The first-order chi connectivity index (χ1) is 10.5. The molecule has 0 spiro atoms. The minimum absolute atomic E-state index is 0.147. The molecule has 7 heteroatoms. The van der Waals surface area contributed by atoms with E-state index >= 15 is 0 Å². The van der Waals surface area contributed by atoms with E-state index in [1.165, 1.54) is 24.2 Å². The summed E-state index contributed by atoms with van der Waals surface area (Å²) in [5.74, 6) is 1.17. The number of thiazole rings is 1. The number of carbonyl (C=O) groups is 1. The van der Waals surface area contributed by atoms with Crippen LogP contribution in [0.25, 0.3) is 0 Å². The summed E-state index contributed by atoms with van der Waals surface area (Å²) in [4.78, 5) is 17.7. The molecule has 0 aliphatic heterocycles. The highest BCUT2D eigenvalue weighted by Crippen LogP contribution is 2.35. The Kier molecular flexibility index (Phi) is 3.90. The van der Waals surface area contributed by atoms with E-state index in [0.29, 0.717) is 16.4 Å². The standard InChI is InChI=1S/C15H20N4O2S/c1-8-12(15(21-4)19(3)18-8)17-14(20)13-9(2)16-11(22-13)7-10-5-6-10/h10H,5-7H2,1-4H3,(H,17,20). The number of ether oxygens (including phenoxy) is 1. The fraction of sp³-hybridized carbons (Fsp3) is 0.533. The third-order valence-electron chi connectivity index (χ3n) is 3.81. The zero-order valence-electron chi connectivity index (χ0n) is 13.3. The highest BCUT2D eigenvalue weighted by molar-refractivity contribution is 7.13. The Morgan fingerprint density at radius 2 is 2.14 bits per heavy atom. The van der Waals surface area contributed by atoms with E-state index in [9.17, 15) is 4.79 Å². The van der Waals surface area contributed by atoms with E-state index in [1.54, 1.807) is 18.8 Å². The van der Waals surface area contributed by atoms with Gasteiger partial charge in [0.15, 0.2) is 0 Å². The van der Waals surface area contributed by atoms with Gasteiger partial charge in [0, 0.05) is 13.5 Å². The van der Waals surface area contributed by atoms with Crippen molar-refractivity contribution in [1.29, 1.82) is 0 Å². The Labute approximate surface area is 133 Å². The van der Waals surface area contributed by atoms with Gasteiger partial charge < -0.3 is 10.1 Å². The summed E-state index contributed by atoms with van der Waals surface area (Å²) < 4.78 is 6.92. The number of nitrogens with zero attached hydrogens (tertiary/aromatic N) is 3. The van der Waals surface area contributed by atoms with Crippen LogP contribution in [0, 0.1) is 19.8 Å². The highest BCUT2D eigenvalue weighted by Gasteiger charge is 2.25. The van der Waals surface area contributed by atoms with Crippen LogP contribution in [0.5, 0.6) is 5.88 Å². The minimum atomic E-state index is -0.147. The Bertz CT molecular complexity index is 715. The van der Waals surface area contributed by atoms with Gasteiger partial charge in [-0.25, -0.2) is 9.67 Å². The van der Waals surface area contributed by atoms with Crippen LogP contribution in [-0.2, 0) is 13.5 Å². The van der Waals surface area contributed by atoms with Crippen LogP contribution >= 0.6 is 11.3 Å². The van der Waals surface area contributed by atoms with E-state index in [0.717, 1.165) is 28.7 Å². The highest BCUT2D eigenvalue weighted by atomic mass is 32.1. The van der Waals surface area contributed by atoms with Crippen molar-refractivity contribution in [1.82, 2.24) is 14.8 Å². The van der Waals surface area contributed by atoms with Crippen LogP contribution in [0.4, 0.5) is 5.69 Å². The molecule has 6 nitrogen and oxygen atoms in total. The van der Waals surface area contributed by atoms with Crippen molar-refractivity contribution in [3.8, 4) is 5.88 Å². The number of carbonyl (C=O) groups excluding carboxylic acids is 1. The fourth-order valence-corrected chi connectivity index (χ4v) is 3.58. The number of aromatic nitrogens is 3.